The number of benzene rings is 2. The number of alkyl halides is 1. The van der Waals surface area contributed by atoms with Gasteiger partial charge in [-0.1, -0.05) is 11.6 Å². The molecule has 2 atom stereocenters. The normalized spacial score (nSPS) is 17.3. The molecule has 2 aromatic carbocycles. The van der Waals surface area contributed by atoms with Gasteiger partial charge in [0.25, 0.3) is 5.69 Å². The smallest absolute Gasteiger partial charge is 0.294 e. The summed E-state index contributed by atoms with van der Waals surface area (Å²) in [6.45, 7) is 3.30. The van der Waals surface area contributed by atoms with Crippen LogP contribution in [0.4, 0.5) is 43.3 Å². The molecular weight excluding hydrogens is 548 g/mol. The number of hydrogen-bond acceptors (Lipinski definition) is 10. The van der Waals surface area contributed by atoms with Crippen molar-refractivity contribution in [3.63, 3.8) is 0 Å². The van der Waals surface area contributed by atoms with Crippen LogP contribution in [0.25, 0.3) is 0 Å². The fourth-order valence-corrected chi connectivity index (χ4v) is 4.72. The molecule has 0 amide bonds. The van der Waals surface area contributed by atoms with Gasteiger partial charge in [0.1, 0.15) is 29.2 Å². The number of rotatable bonds is 9. The molecule has 1 saturated heterocycles. The predicted octanol–water partition coefficient (Wildman–Crippen LogP) is 4.99. The second kappa shape index (κ2) is 11.4. The van der Waals surface area contributed by atoms with Gasteiger partial charge in [-0.15, -0.1) is 0 Å². The first-order valence-electron chi connectivity index (χ1n) is 12.3. The first-order chi connectivity index (χ1) is 18.8. The molecule has 3 N–H and O–H groups in total. The molecular formula is C26H30ClF2N7O4. The number of nitro groups is 1. The highest BCUT2D eigenvalue weighted by Crippen LogP contribution is 2.41. The zero-order chi connectivity index (χ0) is 29.4. The van der Waals surface area contributed by atoms with Crippen molar-refractivity contribution >= 4 is 46.1 Å². The minimum Gasteiger partial charge on any atom is -0.494 e. The number of methoxy groups -OCH3 is 1. The SMILES string of the molecule is COc1cc(N2C[C@@H](F)[C@@H](N(C)C)C2)c([N+](=O)[O-])cc1Nc1nccc(Nc2cc(Cl)c(F)cc2C(C)(C)O)n1. The maximum Gasteiger partial charge on any atom is 0.294 e. The average molecular weight is 578 g/mol. The molecule has 0 saturated carbocycles. The van der Waals surface area contributed by atoms with Gasteiger partial charge in [0.05, 0.1) is 40.9 Å². The van der Waals surface area contributed by atoms with E-state index in [-0.39, 0.29) is 58.3 Å². The van der Waals surface area contributed by atoms with Crippen molar-refractivity contribution in [3.8, 4) is 5.75 Å². The van der Waals surface area contributed by atoms with Crippen molar-refractivity contribution in [1.29, 1.82) is 0 Å². The minimum atomic E-state index is -1.39. The molecule has 214 valence electrons. The highest BCUT2D eigenvalue weighted by molar-refractivity contribution is 6.31. The van der Waals surface area contributed by atoms with Crippen molar-refractivity contribution in [2.75, 3.05) is 49.8 Å². The van der Waals surface area contributed by atoms with Gasteiger partial charge in [-0.25, -0.2) is 13.8 Å². The summed E-state index contributed by atoms with van der Waals surface area (Å²) >= 11 is 5.97. The molecule has 0 unspecified atom stereocenters. The van der Waals surface area contributed by atoms with Crippen LogP contribution >= 0.6 is 11.6 Å². The van der Waals surface area contributed by atoms with Crippen LogP contribution in [-0.2, 0) is 5.60 Å². The molecule has 1 aliphatic rings. The Labute approximate surface area is 234 Å². The third-order valence-electron chi connectivity index (χ3n) is 6.60. The molecule has 3 aromatic rings. The van der Waals surface area contributed by atoms with E-state index in [0.29, 0.717) is 5.69 Å². The Kier molecular flexibility index (Phi) is 8.28. The molecule has 40 heavy (non-hydrogen) atoms. The molecule has 1 aromatic heterocycles. The number of nitrogens with one attached hydrogen (secondary N) is 2. The van der Waals surface area contributed by atoms with E-state index in [1.807, 2.05) is 0 Å². The van der Waals surface area contributed by atoms with Gasteiger partial charge >= 0.3 is 0 Å². The van der Waals surface area contributed by atoms with E-state index < -0.39 is 28.6 Å². The van der Waals surface area contributed by atoms with Crippen LogP contribution < -0.4 is 20.3 Å². The van der Waals surface area contributed by atoms with E-state index in [1.165, 1.54) is 45.4 Å². The number of aromatic nitrogens is 2. The lowest BCUT2D eigenvalue weighted by molar-refractivity contribution is -0.384. The summed E-state index contributed by atoms with van der Waals surface area (Å²) in [5, 5.41) is 28.3. The number of halogens is 3. The number of likely N-dealkylation sites (N-methyl/N-ethyl adjacent to an activating group) is 1. The number of anilines is 5. The summed E-state index contributed by atoms with van der Waals surface area (Å²) in [6, 6.07) is 6.40. The Bertz CT molecular complexity index is 1420. The van der Waals surface area contributed by atoms with Crippen LogP contribution in [0.5, 0.6) is 5.75 Å². The lowest BCUT2D eigenvalue weighted by Gasteiger charge is -2.23. The Morgan fingerprint density at radius 1 is 1.23 bits per heavy atom. The molecule has 2 heterocycles. The molecule has 1 fully saturated rings. The molecule has 0 spiro atoms. The standard InChI is InChI=1S/C26H30ClF2N7O4/c1-26(2,37)14-8-16(28)15(27)9-18(14)31-24-6-7-30-25(33-24)32-19-10-21(36(38)39)20(11-23(19)40-5)35-12-17(29)22(13-35)34(3)4/h6-11,17,22,37H,12-13H2,1-5H3,(H2,30,31,32,33)/t17-,22+/m1/s1. The third kappa shape index (κ3) is 6.16. The summed E-state index contributed by atoms with van der Waals surface area (Å²) in [5.41, 5.74) is -0.585. The number of nitrogens with zero attached hydrogens (tertiary/aromatic N) is 5. The maximum atomic E-state index is 14.6. The van der Waals surface area contributed by atoms with Crippen LogP contribution in [0.3, 0.4) is 0 Å². The van der Waals surface area contributed by atoms with Gasteiger partial charge in [-0.3, -0.25) is 10.1 Å². The first-order valence-corrected chi connectivity index (χ1v) is 12.7. The molecule has 11 nitrogen and oxygen atoms in total. The minimum absolute atomic E-state index is 0.0104. The van der Waals surface area contributed by atoms with Crippen LogP contribution in [0.2, 0.25) is 5.02 Å². The van der Waals surface area contributed by atoms with E-state index in [2.05, 4.69) is 20.6 Å². The molecule has 0 radical (unpaired) electrons. The summed E-state index contributed by atoms with van der Waals surface area (Å²) in [7, 11) is 4.94. The van der Waals surface area contributed by atoms with Gasteiger partial charge in [0.15, 0.2) is 0 Å². The molecule has 4 rings (SSSR count). The van der Waals surface area contributed by atoms with Gasteiger partial charge < -0.3 is 30.3 Å². The van der Waals surface area contributed by atoms with Crippen molar-refractivity contribution in [1.82, 2.24) is 14.9 Å². The van der Waals surface area contributed by atoms with Crippen molar-refractivity contribution < 1.29 is 23.5 Å². The highest BCUT2D eigenvalue weighted by Gasteiger charge is 2.37. The fourth-order valence-electron chi connectivity index (χ4n) is 4.56. The predicted molar refractivity (Wildman–Crippen MR) is 149 cm³/mol. The number of ether oxygens (including phenoxy) is 1. The Balaban J connectivity index is 1.65. The van der Waals surface area contributed by atoms with Crippen molar-refractivity contribution in [2.24, 2.45) is 0 Å². The molecule has 0 bridgehead atoms. The zero-order valence-electron chi connectivity index (χ0n) is 22.6. The summed E-state index contributed by atoms with van der Waals surface area (Å²) in [4.78, 5) is 23.4. The Hall–Kier alpha value is -3.81. The van der Waals surface area contributed by atoms with Crippen LogP contribution in [-0.4, -0.2) is 71.4 Å². The molecule has 1 aliphatic heterocycles. The second-order valence-electron chi connectivity index (χ2n) is 10.1. The summed E-state index contributed by atoms with van der Waals surface area (Å²) < 4.78 is 34.2. The van der Waals surface area contributed by atoms with E-state index in [0.717, 1.165) is 6.07 Å². The lowest BCUT2D eigenvalue weighted by Crippen LogP contribution is -2.36. The van der Waals surface area contributed by atoms with Crippen molar-refractivity contribution in [3.05, 3.63) is 63.0 Å². The fraction of sp³-hybridized carbons (Fsp3) is 0.385. The third-order valence-corrected chi connectivity index (χ3v) is 6.89. The van der Waals surface area contributed by atoms with E-state index in [9.17, 15) is 24.0 Å². The maximum absolute atomic E-state index is 14.6. The quantitative estimate of drug-likeness (QED) is 0.236. The van der Waals surface area contributed by atoms with Crippen molar-refractivity contribution in [2.45, 2.75) is 31.7 Å². The molecule has 14 heteroatoms. The number of nitro benzene ring substituents is 1. The number of aliphatic hydroxyl groups is 1. The van der Waals surface area contributed by atoms with Crippen LogP contribution in [0.1, 0.15) is 19.4 Å². The van der Waals surface area contributed by atoms with Gasteiger partial charge in [-0.2, -0.15) is 4.98 Å². The topological polar surface area (TPSA) is 129 Å². The zero-order valence-corrected chi connectivity index (χ0v) is 23.3. The Morgan fingerprint density at radius 2 is 1.95 bits per heavy atom. The van der Waals surface area contributed by atoms with E-state index in [4.69, 9.17) is 16.3 Å². The monoisotopic (exact) mass is 577 g/mol. The van der Waals surface area contributed by atoms with Gasteiger partial charge in [0, 0.05) is 36.1 Å². The Morgan fingerprint density at radius 3 is 2.55 bits per heavy atom. The molecule has 0 aliphatic carbocycles. The van der Waals surface area contributed by atoms with E-state index in [1.54, 1.807) is 30.0 Å². The number of hydrogen-bond donors (Lipinski definition) is 3. The summed E-state index contributed by atoms with van der Waals surface area (Å²) in [5.74, 6) is -0.0711. The lowest BCUT2D eigenvalue weighted by atomic mass is 9.96. The average Bonchev–Trinajstić information content (AvgIpc) is 3.27. The van der Waals surface area contributed by atoms with Crippen LogP contribution in [0.15, 0.2) is 36.5 Å². The van der Waals surface area contributed by atoms with Gasteiger partial charge in [-0.05, 0) is 46.1 Å². The highest BCUT2D eigenvalue weighted by atomic mass is 35.5. The van der Waals surface area contributed by atoms with Crippen LogP contribution in [0, 0.1) is 15.9 Å². The first kappa shape index (κ1) is 29.2. The largest absolute Gasteiger partial charge is 0.494 e. The van der Waals surface area contributed by atoms with E-state index >= 15 is 0 Å². The van der Waals surface area contributed by atoms with Gasteiger partial charge in [0.2, 0.25) is 5.95 Å². The summed E-state index contributed by atoms with van der Waals surface area (Å²) in [6.07, 6.45) is 0.268. The second-order valence-corrected chi connectivity index (χ2v) is 10.5.